The second-order valence-electron chi connectivity index (χ2n) is 10.4. The molecule has 0 aromatic heterocycles. The molecular formula is C38H34N4O4. The number of rotatable bonds is 10. The predicted octanol–water partition coefficient (Wildman–Crippen LogP) is 7.52. The van der Waals surface area contributed by atoms with E-state index in [2.05, 4.69) is 10.6 Å². The molecule has 8 heteroatoms. The molecule has 5 aromatic carbocycles. The standard InChI is InChI=1S/C38H34N4O4/c1-3-41(33-11-7-5-8-12-33)37(45)29-19-23-31(24-20-29)39-35(43)27-15-17-28(18-16-27)36(44)40-32-25-21-30(22-26-32)38(46)42(4-2)34-13-9-6-10-14-34/h5-26H,3-4H2,1-2H3,(H,39,43)(H,40,44). The van der Waals surface area contributed by atoms with Crippen molar-refractivity contribution in [3.8, 4) is 0 Å². The first kappa shape index (κ1) is 31.4. The van der Waals surface area contributed by atoms with Gasteiger partial charge in [0, 0.05) is 58.1 Å². The lowest BCUT2D eigenvalue weighted by molar-refractivity contribution is 0.0980. The summed E-state index contributed by atoms with van der Waals surface area (Å²) in [6, 6.07) is 38.7. The summed E-state index contributed by atoms with van der Waals surface area (Å²) in [4.78, 5) is 55.2. The van der Waals surface area contributed by atoms with Gasteiger partial charge in [-0.05, 0) is 111 Å². The molecule has 0 saturated carbocycles. The molecule has 0 spiro atoms. The summed E-state index contributed by atoms with van der Waals surface area (Å²) in [6.07, 6.45) is 0. The van der Waals surface area contributed by atoms with Crippen LogP contribution in [0.4, 0.5) is 22.7 Å². The second kappa shape index (κ2) is 14.6. The van der Waals surface area contributed by atoms with Crippen LogP contribution in [-0.2, 0) is 0 Å². The first-order valence-electron chi connectivity index (χ1n) is 15.0. The van der Waals surface area contributed by atoms with Crippen molar-refractivity contribution >= 4 is 46.4 Å². The van der Waals surface area contributed by atoms with Crippen molar-refractivity contribution in [2.45, 2.75) is 13.8 Å². The number of nitrogens with one attached hydrogen (secondary N) is 2. The van der Waals surface area contributed by atoms with Crippen LogP contribution >= 0.6 is 0 Å². The van der Waals surface area contributed by atoms with E-state index in [1.165, 1.54) is 0 Å². The van der Waals surface area contributed by atoms with Gasteiger partial charge in [-0.1, -0.05) is 36.4 Å². The molecule has 4 amide bonds. The Kier molecular flexibility index (Phi) is 9.99. The van der Waals surface area contributed by atoms with E-state index in [-0.39, 0.29) is 23.6 Å². The molecule has 0 radical (unpaired) electrons. The molecule has 0 aliphatic carbocycles. The van der Waals surface area contributed by atoms with Gasteiger partial charge in [-0.25, -0.2) is 0 Å². The molecule has 0 unspecified atom stereocenters. The maximum absolute atomic E-state index is 13.1. The minimum atomic E-state index is -0.345. The van der Waals surface area contributed by atoms with Crippen molar-refractivity contribution < 1.29 is 19.2 Å². The molecule has 8 nitrogen and oxygen atoms in total. The van der Waals surface area contributed by atoms with Crippen LogP contribution in [0.2, 0.25) is 0 Å². The summed E-state index contributed by atoms with van der Waals surface area (Å²) in [6.45, 7) is 4.89. The van der Waals surface area contributed by atoms with Gasteiger partial charge in [0.05, 0.1) is 0 Å². The van der Waals surface area contributed by atoms with Crippen molar-refractivity contribution in [2.75, 3.05) is 33.5 Å². The van der Waals surface area contributed by atoms with Crippen molar-refractivity contribution in [3.05, 3.63) is 156 Å². The SMILES string of the molecule is CCN(C(=O)c1ccc(NC(=O)c2ccc(C(=O)Nc3ccc(C(=O)N(CC)c4ccccc4)cc3)cc2)cc1)c1ccccc1. The average molecular weight is 611 g/mol. The van der Waals surface area contributed by atoms with Crippen LogP contribution in [0.5, 0.6) is 0 Å². The van der Waals surface area contributed by atoms with Crippen LogP contribution in [0, 0.1) is 0 Å². The topological polar surface area (TPSA) is 98.8 Å². The highest BCUT2D eigenvalue weighted by Gasteiger charge is 2.18. The Morgan fingerprint density at radius 2 is 0.739 bits per heavy atom. The Bertz CT molecular complexity index is 1670. The number of anilines is 4. The van der Waals surface area contributed by atoms with Gasteiger partial charge in [-0.2, -0.15) is 0 Å². The molecule has 46 heavy (non-hydrogen) atoms. The maximum atomic E-state index is 13.1. The fraction of sp³-hybridized carbons (Fsp3) is 0.105. The van der Waals surface area contributed by atoms with Gasteiger partial charge in [0.2, 0.25) is 0 Å². The fourth-order valence-corrected chi connectivity index (χ4v) is 4.99. The zero-order chi connectivity index (χ0) is 32.5. The molecule has 230 valence electrons. The highest BCUT2D eigenvalue weighted by Crippen LogP contribution is 2.20. The van der Waals surface area contributed by atoms with E-state index in [1.54, 1.807) is 82.6 Å². The lowest BCUT2D eigenvalue weighted by Crippen LogP contribution is -2.30. The summed E-state index contributed by atoms with van der Waals surface area (Å²) in [5.74, 6) is -0.947. The minimum Gasteiger partial charge on any atom is -0.322 e. The van der Waals surface area contributed by atoms with Crippen molar-refractivity contribution in [1.29, 1.82) is 0 Å². The Morgan fingerprint density at radius 3 is 1.04 bits per heavy atom. The number of para-hydroxylation sites is 2. The van der Waals surface area contributed by atoms with Crippen LogP contribution in [-0.4, -0.2) is 36.7 Å². The van der Waals surface area contributed by atoms with E-state index < -0.39 is 0 Å². The number of amides is 4. The summed E-state index contributed by atoms with van der Waals surface area (Å²) >= 11 is 0. The minimum absolute atomic E-state index is 0.129. The van der Waals surface area contributed by atoms with Gasteiger partial charge in [0.1, 0.15) is 0 Å². The number of hydrogen-bond acceptors (Lipinski definition) is 4. The van der Waals surface area contributed by atoms with Crippen molar-refractivity contribution in [2.24, 2.45) is 0 Å². The number of hydrogen-bond donors (Lipinski definition) is 2. The molecular weight excluding hydrogens is 576 g/mol. The molecule has 0 aliphatic heterocycles. The number of benzene rings is 5. The third-order valence-electron chi connectivity index (χ3n) is 7.45. The van der Waals surface area contributed by atoms with E-state index >= 15 is 0 Å². The Balaban J connectivity index is 1.16. The van der Waals surface area contributed by atoms with Crippen LogP contribution < -0.4 is 20.4 Å². The average Bonchev–Trinajstić information content (AvgIpc) is 3.10. The Labute approximate surface area is 268 Å². The highest BCUT2D eigenvalue weighted by molar-refractivity contribution is 6.09. The number of nitrogens with zero attached hydrogens (tertiary/aromatic N) is 2. The monoisotopic (exact) mass is 610 g/mol. The second-order valence-corrected chi connectivity index (χ2v) is 10.4. The van der Waals surface area contributed by atoms with Crippen molar-refractivity contribution in [1.82, 2.24) is 0 Å². The van der Waals surface area contributed by atoms with Gasteiger partial charge in [-0.15, -0.1) is 0 Å². The highest BCUT2D eigenvalue weighted by atomic mass is 16.2. The summed E-state index contributed by atoms with van der Waals surface area (Å²) < 4.78 is 0. The zero-order valence-electron chi connectivity index (χ0n) is 25.6. The summed E-state index contributed by atoms with van der Waals surface area (Å²) in [5, 5.41) is 5.66. The molecule has 0 aliphatic rings. The first-order chi connectivity index (χ1) is 22.4. The molecule has 2 N–H and O–H groups in total. The fourth-order valence-electron chi connectivity index (χ4n) is 4.99. The van der Waals surface area contributed by atoms with Crippen LogP contribution in [0.1, 0.15) is 55.3 Å². The quantitative estimate of drug-likeness (QED) is 0.171. The molecule has 0 heterocycles. The lowest BCUT2D eigenvalue weighted by Gasteiger charge is -2.21. The number of carbonyl (C=O) groups excluding carboxylic acids is 4. The lowest BCUT2D eigenvalue weighted by atomic mass is 10.1. The van der Waals surface area contributed by atoms with Gasteiger partial charge >= 0.3 is 0 Å². The first-order valence-corrected chi connectivity index (χ1v) is 15.0. The van der Waals surface area contributed by atoms with Crippen LogP contribution in [0.25, 0.3) is 0 Å². The third-order valence-corrected chi connectivity index (χ3v) is 7.45. The Hall–Kier alpha value is -6.02. The smallest absolute Gasteiger partial charge is 0.258 e. The molecule has 0 fully saturated rings. The van der Waals surface area contributed by atoms with E-state index in [9.17, 15) is 19.2 Å². The Morgan fingerprint density at radius 1 is 0.435 bits per heavy atom. The summed E-state index contributed by atoms with van der Waals surface area (Å²) in [7, 11) is 0. The normalized spacial score (nSPS) is 10.5. The molecule has 0 saturated heterocycles. The molecule has 0 bridgehead atoms. The van der Waals surface area contributed by atoms with E-state index in [4.69, 9.17) is 0 Å². The van der Waals surface area contributed by atoms with Gasteiger partial charge in [-0.3, -0.25) is 19.2 Å². The summed E-state index contributed by atoms with van der Waals surface area (Å²) in [5.41, 5.74) is 4.48. The van der Waals surface area contributed by atoms with Crippen LogP contribution in [0.3, 0.4) is 0 Å². The van der Waals surface area contributed by atoms with Gasteiger partial charge in [0.15, 0.2) is 0 Å². The van der Waals surface area contributed by atoms with Crippen molar-refractivity contribution in [3.63, 3.8) is 0 Å². The molecule has 5 aromatic rings. The van der Waals surface area contributed by atoms with E-state index in [0.717, 1.165) is 11.4 Å². The molecule has 0 atom stereocenters. The van der Waals surface area contributed by atoms with Crippen LogP contribution in [0.15, 0.2) is 133 Å². The number of carbonyl (C=O) groups is 4. The van der Waals surface area contributed by atoms with E-state index in [0.29, 0.717) is 46.7 Å². The predicted molar refractivity (Wildman–Crippen MR) is 183 cm³/mol. The largest absolute Gasteiger partial charge is 0.322 e. The van der Waals surface area contributed by atoms with Gasteiger partial charge in [0.25, 0.3) is 23.6 Å². The zero-order valence-corrected chi connectivity index (χ0v) is 25.6. The van der Waals surface area contributed by atoms with E-state index in [1.807, 2.05) is 74.5 Å². The maximum Gasteiger partial charge on any atom is 0.258 e. The third kappa shape index (κ3) is 7.36. The molecule has 5 rings (SSSR count). The van der Waals surface area contributed by atoms with Gasteiger partial charge < -0.3 is 20.4 Å².